The number of hydrogen-bond acceptors (Lipinski definition) is 8. The van der Waals surface area contributed by atoms with E-state index in [-0.39, 0.29) is 18.4 Å². The molecule has 12 heteroatoms. The zero-order chi connectivity index (χ0) is 30.9. The van der Waals surface area contributed by atoms with E-state index in [4.69, 9.17) is 32.7 Å². The normalized spacial score (nSPS) is 10.8. The number of ether oxygens (including phenoxy) is 2. The first-order chi connectivity index (χ1) is 21.4. The van der Waals surface area contributed by atoms with Gasteiger partial charge in [-0.15, -0.1) is 11.3 Å². The Kier molecular flexibility index (Phi) is 10.1. The number of carbonyl (C=O) groups excluding carboxylic acids is 2. The molecular weight excluding hydrogens is 621 g/mol. The Morgan fingerprint density at radius 3 is 2.45 bits per heavy atom. The monoisotopic (exact) mass is 645 g/mol. The summed E-state index contributed by atoms with van der Waals surface area (Å²) in [5, 5.41) is 13.5. The van der Waals surface area contributed by atoms with Crippen molar-refractivity contribution in [3.05, 3.63) is 118 Å². The maximum absolute atomic E-state index is 12.6. The van der Waals surface area contributed by atoms with Crippen molar-refractivity contribution in [1.29, 1.82) is 0 Å². The third-order valence-electron chi connectivity index (χ3n) is 6.10. The Labute approximate surface area is 267 Å². The molecule has 1 heterocycles. The summed E-state index contributed by atoms with van der Waals surface area (Å²) in [6.07, 6.45) is 1.48. The van der Waals surface area contributed by atoms with Gasteiger partial charge in [0.2, 0.25) is 0 Å². The number of aromatic nitrogens is 1. The smallest absolute Gasteiger partial charge is 0.271 e. The molecule has 0 bridgehead atoms. The second kappa shape index (κ2) is 14.5. The SMILES string of the molecule is COc1cc(/C=N/NC(=O)c2ccc(-c3csc(Nc4ccccc4)n3)cc2)ccc1OCC(=O)Nc1ccc(Cl)c(Cl)c1. The van der Waals surface area contributed by atoms with Crippen molar-refractivity contribution in [2.75, 3.05) is 24.4 Å². The fourth-order valence-electron chi connectivity index (χ4n) is 3.93. The van der Waals surface area contributed by atoms with Crippen LogP contribution in [-0.2, 0) is 4.79 Å². The Hall–Kier alpha value is -4.90. The molecule has 5 aromatic rings. The minimum absolute atomic E-state index is 0.257. The number of hydrogen-bond donors (Lipinski definition) is 3. The molecule has 0 saturated carbocycles. The van der Waals surface area contributed by atoms with E-state index >= 15 is 0 Å². The van der Waals surface area contributed by atoms with Gasteiger partial charge in [0, 0.05) is 27.9 Å². The van der Waals surface area contributed by atoms with Gasteiger partial charge in [0.05, 0.1) is 29.1 Å². The zero-order valence-corrected chi connectivity index (χ0v) is 25.5. The Balaban J connectivity index is 1.13. The highest BCUT2D eigenvalue weighted by molar-refractivity contribution is 7.14. The van der Waals surface area contributed by atoms with Crippen LogP contribution in [-0.4, -0.2) is 36.7 Å². The van der Waals surface area contributed by atoms with E-state index in [1.807, 2.05) is 47.8 Å². The van der Waals surface area contributed by atoms with Crippen molar-refractivity contribution in [2.24, 2.45) is 5.10 Å². The van der Waals surface area contributed by atoms with E-state index in [0.717, 1.165) is 22.1 Å². The second-order valence-corrected chi connectivity index (χ2v) is 10.9. The van der Waals surface area contributed by atoms with Gasteiger partial charge < -0.3 is 20.1 Å². The number of carbonyl (C=O) groups is 2. The first kappa shape index (κ1) is 30.6. The molecule has 1 aromatic heterocycles. The van der Waals surface area contributed by atoms with Gasteiger partial charge in [0.15, 0.2) is 23.2 Å². The molecule has 4 aromatic carbocycles. The van der Waals surface area contributed by atoms with Gasteiger partial charge >= 0.3 is 0 Å². The largest absolute Gasteiger partial charge is 0.493 e. The van der Waals surface area contributed by atoms with E-state index < -0.39 is 0 Å². The first-order valence-electron chi connectivity index (χ1n) is 13.1. The maximum atomic E-state index is 12.6. The number of benzene rings is 4. The van der Waals surface area contributed by atoms with Crippen LogP contribution in [0.3, 0.4) is 0 Å². The van der Waals surface area contributed by atoms with Crippen LogP contribution < -0.4 is 25.5 Å². The topological polar surface area (TPSA) is 114 Å². The van der Waals surface area contributed by atoms with Crippen molar-refractivity contribution in [1.82, 2.24) is 10.4 Å². The van der Waals surface area contributed by atoms with Crippen molar-refractivity contribution in [2.45, 2.75) is 0 Å². The van der Waals surface area contributed by atoms with Crippen LogP contribution in [0.2, 0.25) is 10.0 Å². The summed E-state index contributed by atoms with van der Waals surface area (Å²) < 4.78 is 11.0. The minimum Gasteiger partial charge on any atom is -0.493 e. The van der Waals surface area contributed by atoms with Gasteiger partial charge in [-0.05, 0) is 66.2 Å². The summed E-state index contributed by atoms with van der Waals surface area (Å²) in [7, 11) is 1.48. The lowest BCUT2D eigenvalue weighted by Gasteiger charge is -2.12. The summed E-state index contributed by atoms with van der Waals surface area (Å²) >= 11 is 13.4. The van der Waals surface area contributed by atoms with Crippen LogP contribution >= 0.6 is 34.5 Å². The molecule has 222 valence electrons. The summed E-state index contributed by atoms with van der Waals surface area (Å²) in [6.45, 7) is -0.257. The molecule has 3 N–H and O–H groups in total. The Morgan fingerprint density at radius 2 is 1.70 bits per heavy atom. The van der Waals surface area contributed by atoms with E-state index in [1.54, 1.807) is 48.5 Å². The number of para-hydroxylation sites is 1. The molecule has 0 saturated heterocycles. The summed E-state index contributed by atoms with van der Waals surface area (Å²) in [5.41, 5.74) is 6.78. The van der Waals surface area contributed by atoms with Gasteiger partial charge in [0.1, 0.15) is 0 Å². The lowest BCUT2D eigenvalue weighted by atomic mass is 10.1. The standard InChI is InChI=1S/C32H25Cl2N5O4S/c1-42-29-15-20(7-14-28(29)43-18-30(40)36-24-12-13-25(33)26(34)16-24)17-35-39-31(41)22-10-8-21(9-11-22)27-19-44-32(38-27)37-23-5-3-2-4-6-23/h2-17,19H,18H2,1H3,(H,36,40)(H,37,38)(H,39,41)/b35-17+. The molecule has 0 atom stereocenters. The number of rotatable bonds is 11. The van der Waals surface area contributed by atoms with Gasteiger partial charge in [-0.25, -0.2) is 10.4 Å². The highest BCUT2D eigenvalue weighted by Gasteiger charge is 2.11. The van der Waals surface area contributed by atoms with Crippen LogP contribution in [0.5, 0.6) is 11.5 Å². The highest BCUT2D eigenvalue weighted by atomic mass is 35.5. The van der Waals surface area contributed by atoms with Crippen LogP contribution in [0.15, 0.2) is 101 Å². The van der Waals surface area contributed by atoms with Gasteiger partial charge in [-0.1, -0.05) is 53.5 Å². The molecule has 0 spiro atoms. The number of hydrazone groups is 1. The lowest BCUT2D eigenvalue weighted by Crippen LogP contribution is -2.20. The molecule has 5 rings (SSSR count). The quantitative estimate of drug-likeness (QED) is 0.100. The van der Waals surface area contributed by atoms with Crippen LogP contribution in [0.25, 0.3) is 11.3 Å². The predicted octanol–water partition coefficient (Wildman–Crippen LogP) is 7.65. The van der Waals surface area contributed by atoms with E-state index in [0.29, 0.717) is 38.4 Å². The number of amides is 2. The average Bonchev–Trinajstić information content (AvgIpc) is 3.51. The van der Waals surface area contributed by atoms with Crippen molar-refractivity contribution in [3.8, 4) is 22.8 Å². The molecule has 2 amide bonds. The van der Waals surface area contributed by atoms with Crippen molar-refractivity contribution >= 4 is 69.1 Å². The zero-order valence-electron chi connectivity index (χ0n) is 23.2. The lowest BCUT2D eigenvalue weighted by molar-refractivity contribution is -0.118. The molecule has 9 nitrogen and oxygen atoms in total. The number of methoxy groups -OCH3 is 1. The number of halogens is 2. The van der Waals surface area contributed by atoms with Gasteiger partial charge in [0.25, 0.3) is 11.8 Å². The third kappa shape index (κ3) is 8.13. The summed E-state index contributed by atoms with van der Waals surface area (Å²) in [4.78, 5) is 29.6. The molecule has 0 aliphatic carbocycles. The molecule has 44 heavy (non-hydrogen) atoms. The average molecular weight is 647 g/mol. The Morgan fingerprint density at radius 1 is 0.909 bits per heavy atom. The number of thiazole rings is 1. The first-order valence-corrected chi connectivity index (χ1v) is 14.8. The maximum Gasteiger partial charge on any atom is 0.271 e. The van der Waals surface area contributed by atoms with Gasteiger partial charge in [-0.3, -0.25) is 9.59 Å². The number of anilines is 3. The van der Waals surface area contributed by atoms with Crippen LogP contribution in [0, 0.1) is 0 Å². The van der Waals surface area contributed by atoms with Crippen molar-refractivity contribution in [3.63, 3.8) is 0 Å². The highest BCUT2D eigenvalue weighted by Crippen LogP contribution is 2.29. The molecule has 0 fully saturated rings. The fourth-order valence-corrected chi connectivity index (χ4v) is 4.97. The van der Waals surface area contributed by atoms with Crippen LogP contribution in [0.1, 0.15) is 15.9 Å². The number of nitrogens with one attached hydrogen (secondary N) is 3. The van der Waals surface area contributed by atoms with Crippen LogP contribution in [0.4, 0.5) is 16.5 Å². The molecule has 0 radical (unpaired) electrons. The molecule has 0 aliphatic rings. The van der Waals surface area contributed by atoms with E-state index in [1.165, 1.54) is 24.7 Å². The fraction of sp³-hybridized carbons (Fsp3) is 0.0625. The van der Waals surface area contributed by atoms with Gasteiger partial charge in [-0.2, -0.15) is 5.10 Å². The molecular formula is C32H25Cl2N5O4S. The molecule has 0 aliphatic heterocycles. The third-order valence-corrected chi connectivity index (χ3v) is 7.60. The summed E-state index contributed by atoms with van der Waals surface area (Å²) in [6, 6.07) is 26.8. The predicted molar refractivity (Wildman–Crippen MR) is 176 cm³/mol. The van der Waals surface area contributed by atoms with E-state index in [9.17, 15) is 9.59 Å². The second-order valence-electron chi connectivity index (χ2n) is 9.18. The number of nitrogens with zero attached hydrogens (tertiary/aromatic N) is 2. The summed E-state index contributed by atoms with van der Waals surface area (Å²) in [5.74, 6) is 0.00385. The Bertz CT molecular complexity index is 1800. The van der Waals surface area contributed by atoms with Crippen molar-refractivity contribution < 1.29 is 19.1 Å². The minimum atomic E-state index is -0.386. The molecule has 0 unspecified atom stereocenters. The van der Waals surface area contributed by atoms with E-state index in [2.05, 4.69) is 26.1 Å².